The van der Waals surface area contributed by atoms with Gasteiger partial charge in [-0.3, -0.25) is 0 Å². The summed E-state index contributed by atoms with van der Waals surface area (Å²) in [7, 11) is -3.27. The van der Waals surface area contributed by atoms with Gasteiger partial charge in [-0.15, -0.1) is 0 Å². The van der Waals surface area contributed by atoms with Crippen molar-refractivity contribution < 1.29 is 12.9 Å². The molecule has 1 N–H and O–H groups in total. The molecule has 6 heteroatoms. The van der Waals surface area contributed by atoms with Crippen LogP contribution in [0.3, 0.4) is 0 Å². The average Bonchev–Trinajstić information content (AvgIpc) is 2.64. The molecule has 0 amide bonds. The van der Waals surface area contributed by atoms with E-state index in [2.05, 4.69) is 28.2 Å². The lowest BCUT2D eigenvalue weighted by Crippen LogP contribution is -2.26. The van der Waals surface area contributed by atoms with Gasteiger partial charge in [0.05, 0.1) is 5.69 Å². The summed E-state index contributed by atoms with van der Waals surface area (Å²) >= 11 is 0. The van der Waals surface area contributed by atoms with E-state index in [1.165, 1.54) is 6.26 Å². The van der Waals surface area contributed by atoms with Crippen LogP contribution >= 0.6 is 0 Å². The van der Waals surface area contributed by atoms with E-state index in [0.717, 1.165) is 12.8 Å². The van der Waals surface area contributed by atoms with Gasteiger partial charge >= 0.3 is 0 Å². The fraction of sp³-hybridized carbons (Fsp3) is 0.700. The number of sulfonamides is 1. The number of nitrogens with zero attached hydrogens (tertiary/aromatic N) is 1. The van der Waals surface area contributed by atoms with Crippen LogP contribution in [0.15, 0.2) is 16.9 Å². The smallest absolute Gasteiger partial charge is 0.217 e. The Hall–Kier alpha value is -0.880. The van der Waals surface area contributed by atoms with E-state index in [9.17, 15) is 8.42 Å². The highest BCUT2D eigenvalue weighted by Crippen LogP contribution is 2.04. The zero-order valence-electron chi connectivity index (χ0n) is 9.64. The predicted molar refractivity (Wildman–Crippen MR) is 61.2 cm³/mol. The van der Waals surface area contributed by atoms with Crippen molar-refractivity contribution in [2.75, 3.05) is 6.54 Å². The first-order valence-corrected chi connectivity index (χ1v) is 7.01. The van der Waals surface area contributed by atoms with Gasteiger partial charge in [-0.1, -0.05) is 19.0 Å². The molecular formula is C10H18N2O3S. The molecule has 1 heterocycles. The number of aromatic nitrogens is 1. The van der Waals surface area contributed by atoms with E-state index < -0.39 is 10.0 Å². The Morgan fingerprint density at radius 2 is 2.25 bits per heavy atom. The van der Waals surface area contributed by atoms with Crippen LogP contribution in [-0.2, 0) is 15.8 Å². The zero-order chi connectivity index (χ0) is 12.0. The monoisotopic (exact) mass is 246 g/mol. The molecule has 16 heavy (non-hydrogen) atoms. The van der Waals surface area contributed by atoms with Crippen molar-refractivity contribution in [3.05, 3.63) is 18.0 Å². The second-order valence-corrected chi connectivity index (χ2v) is 5.99. The Morgan fingerprint density at radius 1 is 1.50 bits per heavy atom. The number of hydrogen-bond acceptors (Lipinski definition) is 4. The van der Waals surface area contributed by atoms with Gasteiger partial charge in [0.2, 0.25) is 10.0 Å². The number of rotatable bonds is 7. The molecule has 0 fully saturated rings. The first kappa shape index (κ1) is 13.2. The number of hydrogen-bond donors (Lipinski definition) is 1. The van der Waals surface area contributed by atoms with E-state index in [1.54, 1.807) is 6.07 Å². The summed E-state index contributed by atoms with van der Waals surface area (Å²) in [6, 6.07) is 1.55. The van der Waals surface area contributed by atoms with E-state index in [-0.39, 0.29) is 5.75 Å². The van der Waals surface area contributed by atoms with Crippen LogP contribution in [0, 0.1) is 5.92 Å². The van der Waals surface area contributed by atoms with Crippen LogP contribution in [0.1, 0.15) is 32.4 Å². The van der Waals surface area contributed by atoms with Crippen molar-refractivity contribution in [3.8, 4) is 0 Å². The summed E-state index contributed by atoms with van der Waals surface area (Å²) in [5.41, 5.74) is 0.427. The van der Waals surface area contributed by atoms with Crippen LogP contribution in [0.4, 0.5) is 0 Å². The first-order chi connectivity index (χ1) is 7.49. The Labute approximate surface area is 96.3 Å². The highest BCUT2D eigenvalue weighted by atomic mass is 32.2. The molecule has 0 spiro atoms. The van der Waals surface area contributed by atoms with Gasteiger partial charge < -0.3 is 4.52 Å². The quantitative estimate of drug-likeness (QED) is 0.740. The summed E-state index contributed by atoms with van der Waals surface area (Å²) in [5.74, 6) is 0.477. The third-order valence-corrected chi connectivity index (χ3v) is 3.43. The third-order valence-electron chi connectivity index (χ3n) is 2.11. The molecule has 0 radical (unpaired) electrons. The van der Waals surface area contributed by atoms with Crippen LogP contribution in [0.2, 0.25) is 0 Å². The maximum atomic E-state index is 11.5. The fourth-order valence-electron chi connectivity index (χ4n) is 1.30. The molecule has 0 saturated carbocycles. The van der Waals surface area contributed by atoms with Crippen molar-refractivity contribution in [3.63, 3.8) is 0 Å². The van der Waals surface area contributed by atoms with Crippen LogP contribution < -0.4 is 4.72 Å². The summed E-state index contributed by atoms with van der Waals surface area (Å²) in [6.07, 6.45) is 3.24. The van der Waals surface area contributed by atoms with Crippen LogP contribution in [0.5, 0.6) is 0 Å². The molecule has 0 aliphatic carbocycles. The van der Waals surface area contributed by atoms with Crippen molar-refractivity contribution in [1.82, 2.24) is 9.88 Å². The van der Waals surface area contributed by atoms with Crippen molar-refractivity contribution in [2.45, 2.75) is 32.4 Å². The molecule has 0 aliphatic rings. The highest BCUT2D eigenvalue weighted by Gasteiger charge is 2.12. The molecule has 0 aromatic carbocycles. The Morgan fingerprint density at radius 3 is 2.81 bits per heavy atom. The lowest BCUT2D eigenvalue weighted by atomic mass is 10.1. The topological polar surface area (TPSA) is 72.2 Å². The molecule has 1 aromatic rings. The molecule has 0 aliphatic heterocycles. The van der Waals surface area contributed by atoms with Crippen molar-refractivity contribution in [2.24, 2.45) is 5.92 Å². The lowest BCUT2D eigenvalue weighted by molar-refractivity contribution is 0.413. The normalized spacial score (nSPS) is 12.2. The van der Waals surface area contributed by atoms with Crippen LogP contribution in [0.25, 0.3) is 0 Å². The molecule has 1 rings (SSSR count). The lowest BCUT2D eigenvalue weighted by Gasteiger charge is -2.06. The summed E-state index contributed by atoms with van der Waals surface area (Å²) in [4.78, 5) is 0. The van der Waals surface area contributed by atoms with E-state index in [0.29, 0.717) is 18.2 Å². The van der Waals surface area contributed by atoms with Gasteiger partial charge in [0.25, 0.3) is 0 Å². The van der Waals surface area contributed by atoms with Gasteiger partial charge in [-0.25, -0.2) is 13.1 Å². The summed E-state index contributed by atoms with van der Waals surface area (Å²) < 4.78 is 30.2. The van der Waals surface area contributed by atoms with Crippen molar-refractivity contribution >= 4 is 10.0 Å². The second kappa shape index (κ2) is 6.00. The first-order valence-electron chi connectivity index (χ1n) is 5.36. The summed E-state index contributed by atoms with van der Waals surface area (Å²) in [5, 5.41) is 3.56. The molecule has 1 aromatic heterocycles. The van der Waals surface area contributed by atoms with Crippen LogP contribution in [-0.4, -0.2) is 20.1 Å². The average molecular weight is 246 g/mol. The molecule has 0 unspecified atom stereocenters. The minimum atomic E-state index is -3.27. The Balaban J connectivity index is 2.30. The number of nitrogens with one attached hydrogen (secondary N) is 1. The maximum Gasteiger partial charge on any atom is 0.217 e. The van der Waals surface area contributed by atoms with E-state index >= 15 is 0 Å². The predicted octanol–water partition coefficient (Wildman–Crippen LogP) is 1.53. The Bertz CT molecular complexity index is 384. The Kier molecular flexibility index (Phi) is 4.95. The second-order valence-electron chi connectivity index (χ2n) is 4.18. The highest BCUT2D eigenvalue weighted by molar-refractivity contribution is 7.88. The minimum Gasteiger partial charge on any atom is -0.364 e. The minimum absolute atomic E-state index is 0.120. The largest absolute Gasteiger partial charge is 0.364 e. The molecular weight excluding hydrogens is 228 g/mol. The SMILES string of the molecule is CC(C)CCCNS(=O)(=O)Cc1ccon1. The van der Waals surface area contributed by atoms with Gasteiger partial charge in [0, 0.05) is 12.6 Å². The van der Waals surface area contributed by atoms with E-state index in [4.69, 9.17) is 0 Å². The third kappa shape index (κ3) is 5.27. The molecule has 5 nitrogen and oxygen atoms in total. The maximum absolute atomic E-state index is 11.5. The standard InChI is InChI=1S/C10H18N2O3S/c1-9(2)4-3-6-11-16(13,14)8-10-5-7-15-12-10/h5,7,9,11H,3-4,6,8H2,1-2H3. The van der Waals surface area contributed by atoms with Gasteiger partial charge in [-0.2, -0.15) is 0 Å². The molecule has 0 atom stereocenters. The van der Waals surface area contributed by atoms with Gasteiger partial charge in [0.15, 0.2) is 0 Å². The van der Waals surface area contributed by atoms with Gasteiger partial charge in [0.1, 0.15) is 12.0 Å². The molecule has 0 saturated heterocycles. The van der Waals surface area contributed by atoms with Gasteiger partial charge in [-0.05, 0) is 18.8 Å². The van der Waals surface area contributed by atoms with E-state index in [1.807, 2.05) is 0 Å². The fourth-order valence-corrected chi connectivity index (χ4v) is 2.39. The molecule has 0 bridgehead atoms. The van der Waals surface area contributed by atoms with Crippen molar-refractivity contribution in [1.29, 1.82) is 0 Å². The summed E-state index contributed by atoms with van der Waals surface area (Å²) in [6.45, 7) is 4.71. The zero-order valence-corrected chi connectivity index (χ0v) is 10.5. The molecule has 92 valence electrons.